The average molecular weight is 468 g/mol. The smallest absolute Gasteiger partial charge is 0.294 e. The van der Waals surface area contributed by atoms with E-state index in [1.807, 2.05) is 36.4 Å². The fraction of sp³-hybridized carbons (Fsp3) is 0.185. The molecule has 1 aliphatic heterocycles. The first-order chi connectivity index (χ1) is 17.1. The second-order valence-corrected chi connectivity index (χ2v) is 8.48. The van der Waals surface area contributed by atoms with Gasteiger partial charge in [0.05, 0.1) is 17.3 Å². The molecule has 0 spiro atoms. The third kappa shape index (κ3) is 4.69. The predicted octanol–water partition coefficient (Wildman–Crippen LogP) is 4.33. The molecule has 0 unspecified atom stereocenters. The van der Waals surface area contributed by atoms with Crippen molar-refractivity contribution in [2.45, 2.75) is 6.04 Å². The highest BCUT2D eigenvalue weighted by Crippen LogP contribution is 2.30. The number of nitro groups is 1. The van der Waals surface area contributed by atoms with Gasteiger partial charge in [-0.05, 0) is 23.3 Å². The molecule has 0 saturated carbocycles. The summed E-state index contributed by atoms with van der Waals surface area (Å²) in [6, 6.07) is 25.5. The van der Waals surface area contributed by atoms with Gasteiger partial charge in [0.15, 0.2) is 0 Å². The second-order valence-electron chi connectivity index (χ2n) is 8.48. The summed E-state index contributed by atoms with van der Waals surface area (Å²) in [5.74, 6) is -0.194. The Balaban J connectivity index is 1.34. The minimum Gasteiger partial charge on any atom is -0.336 e. The molecule has 2 heterocycles. The molecular weight excluding hydrogens is 442 g/mol. The van der Waals surface area contributed by atoms with Gasteiger partial charge < -0.3 is 9.47 Å². The summed E-state index contributed by atoms with van der Waals surface area (Å²) in [6.45, 7) is 2.50. The van der Waals surface area contributed by atoms with E-state index in [1.54, 1.807) is 34.0 Å². The molecule has 1 amide bonds. The van der Waals surface area contributed by atoms with Gasteiger partial charge in [0.25, 0.3) is 11.6 Å². The zero-order valence-electron chi connectivity index (χ0n) is 19.1. The topological polar surface area (TPSA) is 84.5 Å². The van der Waals surface area contributed by atoms with Crippen LogP contribution < -0.4 is 0 Å². The van der Waals surface area contributed by atoms with Crippen molar-refractivity contribution in [1.29, 1.82) is 0 Å². The van der Waals surface area contributed by atoms with Crippen molar-refractivity contribution in [3.63, 3.8) is 0 Å². The molecule has 8 nitrogen and oxygen atoms in total. The Hall–Kier alpha value is -4.30. The van der Waals surface area contributed by atoms with E-state index < -0.39 is 4.92 Å². The highest BCUT2D eigenvalue weighted by atomic mass is 16.6. The van der Waals surface area contributed by atoms with Crippen molar-refractivity contribution < 1.29 is 9.72 Å². The molecule has 0 aliphatic carbocycles. The average Bonchev–Trinajstić information content (AvgIpc) is 3.45. The largest absolute Gasteiger partial charge is 0.336 e. The van der Waals surface area contributed by atoms with Crippen LogP contribution in [0.5, 0.6) is 0 Å². The molecule has 176 valence electrons. The first-order valence-corrected chi connectivity index (χ1v) is 11.5. The van der Waals surface area contributed by atoms with Gasteiger partial charge in [-0.2, -0.15) is 0 Å². The van der Waals surface area contributed by atoms with Crippen molar-refractivity contribution in [3.05, 3.63) is 124 Å². The van der Waals surface area contributed by atoms with E-state index in [9.17, 15) is 14.9 Å². The minimum atomic E-state index is -0.464. The third-order valence-electron chi connectivity index (χ3n) is 6.40. The number of rotatable bonds is 6. The molecule has 4 aromatic rings. The minimum absolute atomic E-state index is 0.102. The number of carbonyl (C=O) groups is 1. The van der Waals surface area contributed by atoms with Gasteiger partial charge >= 0.3 is 0 Å². The number of piperazine rings is 1. The first kappa shape index (κ1) is 22.5. The van der Waals surface area contributed by atoms with Crippen LogP contribution in [0.15, 0.2) is 97.6 Å². The Morgan fingerprint density at radius 1 is 0.886 bits per heavy atom. The fourth-order valence-corrected chi connectivity index (χ4v) is 4.67. The number of aromatic nitrogens is 2. The Morgan fingerprint density at radius 2 is 1.51 bits per heavy atom. The molecule has 1 aromatic heterocycles. The van der Waals surface area contributed by atoms with E-state index in [0.717, 1.165) is 0 Å². The SMILES string of the molecule is O=C(c1ccc(-n2ccnc2)c([N+](=O)[O-])c1)N1CCN(C(c2ccccc2)c2ccccc2)CC1. The maximum Gasteiger partial charge on any atom is 0.294 e. The summed E-state index contributed by atoms with van der Waals surface area (Å²) in [4.78, 5) is 32.6. The number of hydrogen-bond donors (Lipinski definition) is 0. The number of nitro benzene ring substituents is 1. The van der Waals surface area contributed by atoms with Crippen LogP contribution in [0.4, 0.5) is 5.69 Å². The lowest BCUT2D eigenvalue weighted by Gasteiger charge is -2.39. The van der Waals surface area contributed by atoms with Crippen LogP contribution in [-0.2, 0) is 0 Å². The Bertz CT molecular complexity index is 1260. The lowest BCUT2D eigenvalue weighted by molar-refractivity contribution is -0.384. The molecule has 35 heavy (non-hydrogen) atoms. The Morgan fingerprint density at radius 3 is 2.06 bits per heavy atom. The van der Waals surface area contributed by atoms with E-state index in [0.29, 0.717) is 37.4 Å². The van der Waals surface area contributed by atoms with Gasteiger partial charge in [-0.1, -0.05) is 60.7 Å². The third-order valence-corrected chi connectivity index (χ3v) is 6.40. The number of carbonyl (C=O) groups excluding carboxylic acids is 1. The number of hydrogen-bond acceptors (Lipinski definition) is 5. The molecule has 1 aliphatic rings. The molecule has 3 aromatic carbocycles. The van der Waals surface area contributed by atoms with Crippen LogP contribution in [0.1, 0.15) is 27.5 Å². The van der Waals surface area contributed by atoms with Crippen molar-refractivity contribution in [3.8, 4) is 5.69 Å². The summed E-state index contributed by atoms with van der Waals surface area (Å²) < 4.78 is 1.57. The van der Waals surface area contributed by atoms with Crippen molar-refractivity contribution in [2.75, 3.05) is 26.2 Å². The number of benzene rings is 3. The molecule has 0 bridgehead atoms. The predicted molar refractivity (Wildman–Crippen MR) is 132 cm³/mol. The number of amides is 1. The van der Waals surface area contributed by atoms with Gasteiger partial charge in [0, 0.05) is 50.2 Å². The maximum absolute atomic E-state index is 13.3. The monoisotopic (exact) mass is 467 g/mol. The van der Waals surface area contributed by atoms with Gasteiger partial charge in [0.1, 0.15) is 5.69 Å². The second kappa shape index (κ2) is 9.90. The highest BCUT2D eigenvalue weighted by Gasteiger charge is 2.29. The first-order valence-electron chi connectivity index (χ1n) is 11.5. The van der Waals surface area contributed by atoms with Crippen LogP contribution in [0, 0.1) is 10.1 Å². The normalized spacial score (nSPS) is 14.3. The van der Waals surface area contributed by atoms with Gasteiger partial charge in [-0.25, -0.2) is 4.98 Å². The molecule has 5 rings (SSSR count). The molecule has 0 atom stereocenters. The molecular formula is C27H25N5O3. The van der Waals surface area contributed by atoms with Crippen LogP contribution >= 0.6 is 0 Å². The van der Waals surface area contributed by atoms with E-state index in [2.05, 4.69) is 34.1 Å². The summed E-state index contributed by atoms with van der Waals surface area (Å²) in [6.07, 6.45) is 4.69. The standard InChI is InChI=1S/C27H25N5O3/c33-27(23-11-12-24(25(19-23)32(34)35)31-14-13-28-20-31)30-17-15-29(16-18-30)26(21-7-3-1-4-8-21)22-9-5-2-6-10-22/h1-14,19-20,26H,15-18H2. The van der Waals surface area contributed by atoms with E-state index in [4.69, 9.17) is 0 Å². The Labute approximate surface area is 203 Å². The highest BCUT2D eigenvalue weighted by molar-refractivity contribution is 5.95. The Kier molecular flexibility index (Phi) is 6.36. The lowest BCUT2D eigenvalue weighted by atomic mass is 9.96. The van der Waals surface area contributed by atoms with E-state index in [-0.39, 0.29) is 17.6 Å². The zero-order chi connectivity index (χ0) is 24.2. The quantitative estimate of drug-likeness (QED) is 0.311. The van der Waals surface area contributed by atoms with Gasteiger partial charge in [-0.15, -0.1) is 0 Å². The zero-order valence-corrected chi connectivity index (χ0v) is 19.1. The maximum atomic E-state index is 13.3. The molecule has 0 N–H and O–H groups in total. The van der Waals surface area contributed by atoms with Crippen LogP contribution in [0.25, 0.3) is 5.69 Å². The van der Waals surface area contributed by atoms with E-state index in [1.165, 1.54) is 23.5 Å². The molecule has 0 radical (unpaired) electrons. The van der Waals surface area contributed by atoms with Crippen molar-refractivity contribution in [1.82, 2.24) is 19.4 Å². The van der Waals surface area contributed by atoms with Crippen LogP contribution in [-0.4, -0.2) is 56.4 Å². The van der Waals surface area contributed by atoms with Crippen LogP contribution in [0.3, 0.4) is 0 Å². The fourth-order valence-electron chi connectivity index (χ4n) is 4.67. The summed E-state index contributed by atoms with van der Waals surface area (Å²) >= 11 is 0. The lowest BCUT2D eigenvalue weighted by Crippen LogP contribution is -2.49. The molecule has 1 saturated heterocycles. The van der Waals surface area contributed by atoms with Gasteiger partial charge in [0.2, 0.25) is 0 Å². The summed E-state index contributed by atoms with van der Waals surface area (Å²) in [7, 11) is 0. The van der Waals surface area contributed by atoms with Crippen molar-refractivity contribution in [2.24, 2.45) is 0 Å². The molecule has 1 fully saturated rings. The van der Waals surface area contributed by atoms with E-state index >= 15 is 0 Å². The molecule has 8 heteroatoms. The van der Waals surface area contributed by atoms with Crippen molar-refractivity contribution >= 4 is 11.6 Å². The summed E-state index contributed by atoms with van der Waals surface area (Å²) in [5, 5.41) is 11.7. The summed E-state index contributed by atoms with van der Waals surface area (Å²) in [5.41, 5.74) is 2.99. The van der Waals surface area contributed by atoms with Gasteiger partial charge in [-0.3, -0.25) is 19.8 Å². The number of imidazole rings is 1. The van der Waals surface area contributed by atoms with Crippen LogP contribution in [0.2, 0.25) is 0 Å². The number of nitrogens with zero attached hydrogens (tertiary/aromatic N) is 5.